The van der Waals surface area contributed by atoms with Gasteiger partial charge in [-0.3, -0.25) is 14.7 Å². The SMILES string of the molecule is CC1CN(C2CC2)CC1NC(=O)c1ccc2cncc(Br)c2n1. The quantitative estimate of drug-likeness (QED) is 0.896. The molecule has 2 atom stereocenters. The van der Waals surface area contributed by atoms with E-state index in [0.29, 0.717) is 11.6 Å². The highest BCUT2D eigenvalue weighted by atomic mass is 79.9. The van der Waals surface area contributed by atoms with Gasteiger partial charge >= 0.3 is 0 Å². The van der Waals surface area contributed by atoms with E-state index in [-0.39, 0.29) is 11.9 Å². The molecule has 2 fully saturated rings. The van der Waals surface area contributed by atoms with Crippen molar-refractivity contribution in [1.29, 1.82) is 0 Å². The van der Waals surface area contributed by atoms with E-state index in [1.54, 1.807) is 18.5 Å². The number of pyridine rings is 2. The molecule has 5 nitrogen and oxygen atoms in total. The highest BCUT2D eigenvalue weighted by Crippen LogP contribution is 2.31. The van der Waals surface area contributed by atoms with Gasteiger partial charge in [-0.2, -0.15) is 0 Å². The molecule has 120 valence electrons. The van der Waals surface area contributed by atoms with E-state index in [2.05, 4.69) is 43.0 Å². The molecule has 1 N–H and O–H groups in total. The van der Waals surface area contributed by atoms with Gasteiger partial charge < -0.3 is 5.32 Å². The van der Waals surface area contributed by atoms with E-state index < -0.39 is 0 Å². The number of rotatable bonds is 3. The number of fused-ring (bicyclic) bond motifs is 1. The fourth-order valence-corrected chi connectivity index (χ4v) is 3.74. The van der Waals surface area contributed by atoms with Crippen molar-refractivity contribution in [3.8, 4) is 0 Å². The van der Waals surface area contributed by atoms with Crippen LogP contribution in [0.5, 0.6) is 0 Å². The Morgan fingerprint density at radius 3 is 2.91 bits per heavy atom. The first-order valence-corrected chi connectivity index (χ1v) is 8.86. The zero-order valence-corrected chi connectivity index (χ0v) is 14.6. The van der Waals surface area contributed by atoms with Crippen LogP contribution in [-0.4, -0.2) is 45.9 Å². The summed E-state index contributed by atoms with van der Waals surface area (Å²) in [5, 5.41) is 4.09. The summed E-state index contributed by atoms with van der Waals surface area (Å²) in [6.07, 6.45) is 6.06. The molecule has 2 unspecified atom stereocenters. The predicted molar refractivity (Wildman–Crippen MR) is 92.3 cm³/mol. The molecule has 6 heteroatoms. The van der Waals surface area contributed by atoms with Gasteiger partial charge in [-0.25, -0.2) is 4.98 Å². The molecule has 0 bridgehead atoms. The standard InChI is InChI=1S/C17H19BrN4O/c1-10-8-22(12-3-4-12)9-15(10)21-17(23)14-5-2-11-6-19-7-13(18)16(11)20-14/h2,5-7,10,12,15H,3-4,8-9H2,1H3,(H,21,23). The Kier molecular flexibility index (Phi) is 3.81. The van der Waals surface area contributed by atoms with Crippen LogP contribution in [0.1, 0.15) is 30.3 Å². The van der Waals surface area contributed by atoms with E-state index in [1.165, 1.54) is 12.8 Å². The average Bonchev–Trinajstić information content (AvgIpc) is 3.33. The predicted octanol–water partition coefficient (Wildman–Crippen LogP) is 2.60. The van der Waals surface area contributed by atoms with Crippen LogP contribution in [0, 0.1) is 5.92 Å². The molecule has 1 amide bonds. The molecule has 2 aromatic rings. The summed E-state index contributed by atoms with van der Waals surface area (Å²) in [7, 11) is 0. The molecule has 4 rings (SSSR count). The molecule has 1 saturated heterocycles. The molecule has 1 saturated carbocycles. The van der Waals surface area contributed by atoms with Gasteiger partial charge in [0.15, 0.2) is 0 Å². The zero-order valence-electron chi connectivity index (χ0n) is 13.0. The minimum absolute atomic E-state index is 0.0925. The van der Waals surface area contributed by atoms with Crippen molar-refractivity contribution in [2.75, 3.05) is 13.1 Å². The Morgan fingerprint density at radius 1 is 1.30 bits per heavy atom. The third kappa shape index (κ3) is 2.97. The maximum atomic E-state index is 12.6. The number of carbonyl (C=O) groups is 1. The van der Waals surface area contributed by atoms with Crippen molar-refractivity contribution in [3.63, 3.8) is 0 Å². The van der Waals surface area contributed by atoms with Gasteiger partial charge in [-0.15, -0.1) is 0 Å². The smallest absolute Gasteiger partial charge is 0.270 e. The fourth-order valence-electron chi connectivity index (χ4n) is 3.31. The van der Waals surface area contributed by atoms with Gasteiger partial charge in [-0.05, 0) is 46.8 Å². The van der Waals surface area contributed by atoms with Crippen molar-refractivity contribution in [1.82, 2.24) is 20.2 Å². The van der Waals surface area contributed by atoms with Crippen LogP contribution in [0.4, 0.5) is 0 Å². The van der Waals surface area contributed by atoms with Crippen molar-refractivity contribution in [2.45, 2.75) is 31.8 Å². The van der Waals surface area contributed by atoms with Gasteiger partial charge in [0.25, 0.3) is 5.91 Å². The van der Waals surface area contributed by atoms with E-state index in [0.717, 1.165) is 34.5 Å². The molecule has 1 aliphatic heterocycles. The van der Waals surface area contributed by atoms with Crippen LogP contribution >= 0.6 is 15.9 Å². The Labute approximate surface area is 143 Å². The van der Waals surface area contributed by atoms with Crippen molar-refractivity contribution < 1.29 is 4.79 Å². The number of nitrogens with one attached hydrogen (secondary N) is 1. The summed E-state index contributed by atoms with van der Waals surface area (Å²) in [4.78, 5) is 23.7. The Bertz CT molecular complexity index is 761. The second-order valence-corrected chi connectivity index (χ2v) is 7.49. The second kappa shape index (κ2) is 5.83. The van der Waals surface area contributed by atoms with Crippen molar-refractivity contribution in [3.05, 3.63) is 34.7 Å². The Morgan fingerprint density at radius 2 is 2.13 bits per heavy atom. The van der Waals surface area contributed by atoms with Crippen LogP contribution in [0.2, 0.25) is 0 Å². The monoisotopic (exact) mass is 374 g/mol. The van der Waals surface area contributed by atoms with Gasteiger partial charge in [0.1, 0.15) is 5.69 Å². The summed E-state index contributed by atoms with van der Waals surface area (Å²) in [6.45, 7) is 4.25. The number of carbonyl (C=O) groups excluding carboxylic acids is 1. The molecular formula is C17H19BrN4O. The maximum absolute atomic E-state index is 12.6. The summed E-state index contributed by atoms with van der Waals surface area (Å²) in [5.41, 5.74) is 1.23. The lowest BCUT2D eigenvalue weighted by molar-refractivity contribution is 0.0926. The van der Waals surface area contributed by atoms with E-state index in [4.69, 9.17) is 0 Å². The van der Waals surface area contributed by atoms with Gasteiger partial charge in [0, 0.05) is 43.0 Å². The minimum atomic E-state index is -0.0925. The second-order valence-electron chi connectivity index (χ2n) is 6.63. The lowest BCUT2D eigenvalue weighted by Gasteiger charge is -2.17. The van der Waals surface area contributed by atoms with Gasteiger partial charge in [0.2, 0.25) is 0 Å². The number of hydrogen-bond donors (Lipinski definition) is 1. The normalized spacial score (nSPS) is 25.0. The zero-order chi connectivity index (χ0) is 16.0. The van der Waals surface area contributed by atoms with Crippen LogP contribution in [0.3, 0.4) is 0 Å². The van der Waals surface area contributed by atoms with E-state index in [1.807, 2.05) is 6.07 Å². The van der Waals surface area contributed by atoms with Crippen LogP contribution < -0.4 is 5.32 Å². The topological polar surface area (TPSA) is 58.1 Å². The highest BCUT2D eigenvalue weighted by molar-refractivity contribution is 9.10. The van der Waals surface area contributed by atoms with E-state index >= 15 is 0 Å². The van der Waals surface area contributed by atoms with Crippen LogP contribution in [0.25, 0.3) is 10.9 Å². The van der Waals surface area contributed by atoms with Crippen LogP contribution in [-0.2, 0) is 0 Å². The van der Waals surface area contributed by atoms with E-state index in [9.17, 15) is 4.79 Å². The van der Waals surface area contributed by atoms with Gasteiger partial charge in [0.05, 0.1) is 9.99 Å². The molecule has 0 radical (unpaired) electrons. The first-order chi connectivity index (χ1) is 11.1. The lowest BCUT2D eigenvalue weighted by atomic mass is 10.1. The average molecular weight is 375 g/mol. The largest absolute Gasteiger partial charge is 0.346 e. The third-order valence-electron chi connectivity index (χ3n) is 4.81. The molecule has 0 spiro atoms. The fraction of sp³-hybridized carbons (Fsp3) is 0.471. The van der Waals surface area contributed by atoms with Crippen LogP contribution in [0.15, 0.2) is 29.0 Å². The Balaban J connectivity index is 1.51. The molecule has 2 aliphatic rings. The number of hydrogen-bond acceptors (Lipinski definition) is 4. The number of likely N-dealkylation sites (tertiary alicyclic amines) is 1. The third-order valence-corrected chi connectivity index (χ3v) is 5.39. The van der Waals surface area contributed by atoms with Gasteiger partial charge in [-0.1, -0.05) is 6.92 Å². The summed E-state index contributed by atoms with van der Waals surface area (Å²) < 4.78 is 0.804. The number of nitrogens with zero attached hydrogens (tertiary/aromatic N) is 3. The molecule has 3 heterocycles. The summed E-state index contributed by atoms with van der Waals surface area (Å²) in [5.74, 6) is 0.390. The number of aromatic nitrogens is 2. The maximum Gasteiger partial charge on any atom is 0.270 e. The minimum Gasteiger partial charge on any atom is -0.346 e. The number of halogens is 1. The summed E-state index contributed by atoms with van der Waals surface area (Å²) in [6, 6.07) is 4.62. The lowest BCUT2D eigenvalue weighted by Crippen LogP contribution is -2.40. The first kappa shape index (κ1) is 15.0. The molecule has 23 heavy (non-hydrogen) atoms. The molecule has 2 aromatic heterocycles. The molecular weight excluding hydrogens is 356 g/mol. The highest BCUT2D eigenvalue weighted by Gasteiger charge is 2.38. The Hall–Kier alpha value is -1.53. The van der Waals surface area contributed by atoms with Crippen molar-refractivity contribution >= 4 is 32.7 Å². The number of amides is 1. The first-order valence-electron chi connectivity index (χ1n) is 8.07. The van der Waals surface area contributed by atoms with Crippen molar-refractivity contribution in [2.24, 2.45) is 5.92 Å². The summed E-state index contributed by atoms with van der Waals surface area (Å²) >= 11 is 3.45. The molecule has 1 aliphatic carbocycles. The molecule has 0 aromatic carbocycles.